The molecule has 4 rings (SSSR count). The standard InChI is InChI=1S/C23H20N4O2/c24-12-15-4-1-2-7-16(15)17-8-9-18(23(26)29)21-19(17)11-20(27-21)13-5-3-6-14(10-13)22(25)28/h1-11,27H,12,24H2,(H2,25,28)(H2,26,29). The molecule has 0 spiro atoms. The Labute approximate surface area is 167 Å². The van der Waals surface area contributed by atoms with Crippen LogP contribution in [0.5, 0.6) is 0 Å². The average molecular weight is 384 g/mol. The Bertz CT molecular complexity index is 1260. The van der Waals surface area contributed by atoms with E-state index >= 15 is 0 Å². The van der Waals surface area contributed by atoms with E-state index in [0.29, 0.717) is 23.2 Å². The molecule has 0 radical (unpaired) electrons. The number of aromatic nitrogens is 1. The van der Waals surface area contributed by atoms with Gasteiger partial charge in [-0.05, 0) is 46.5 Å². The van der Waals surface area contributed by atoms with E-state index in [-0.39, 0.29) is 0 Å². The molecule has 0 aliphatic heterocycles. The molecule has 0 aliphatic rings. The third kappa shape index (κ3) is 3.26. The zero-order chi connectivity index (χ0) is 20.5. The van der Waals surface area contributed by atoms with Crippen molar-refractivity contribution in [3.8, 4) is 22.4 Å². The smallest absolute Gasteiger partial charge is 0.250 e. The van der Waals surface area contributed by atoms with Crippen LogP contribution in [0, 0.1) is 0 Å². The molecule has 0 atom stereocenters. The molecule has 1 aromatic heterocycles. The van der Waals surface area contributed by atoms with Gasteiger partial charge in [0, 0.05) is 23.2 Å². The summed E-state index contributed by atoms with van der Waals surface area (Å²) in [7, 11) is 0. The second-order valence-electron chi connectivity index (χ2n) is 6.80. The Kier molecular flexibility index (Phi) is 4.62. The van der Waals surface area contributed by atoms with E-state index in [2.05, 4.69) is 4.98 Å². The van der Waals surface area contributed by atoms with Gasteiger partial charge in [-0.1, -0.05) is 42.5 Å². The number of aromatic amines is 1. The van der Waals surface area contributed by atoms with E-state index in [1.54, 1.807) is 24.3 Å². The van der Waals surface area contributed by atoms with Crippen molar-refractivity contribution in [2.75, 3.05) is 0 Å². The number of primary amides is 2. The maximum atomic E-state index is 12.0. The number of H-pyrrole nitrogens is 1. The molecule has 3 aromatic carbocycles. The van der Waals surface area contributed by atoms with Gasteiger partial charge in [-0.15, -0.1) is 0 Å². The van der Waals surface area contributed by atoms with Gasteiger partial charge in [0.1, 0.15) is 0 Å². The number of nitrogens with one attached hydrogen (secondary N) is 1. The predicted octanol–water partition coefficient (Wildman–Crippen LogP) is 3.16. The van der Waals surface area contributed by atoms with Crippen molar-refractivity contribution < 1.29 is 9.59 Å². The molecule has 7 N–H and O–H groups in total. The summed E-state index contributed by atoms with van der Waals surface area (Å²) in [5, 5.41) is 0.849. The first kappa shape index (κ1) is 18.5. The van der Waals surface area contributed by atoms with E-state index in [9.17, 15) is 9.59 Å². The monoisotopic (exact) mass is 384 g/mol. The molecule has 6 heteroatoms. The first-order valence-corrected chi connectivity index (χ1v) is 9.13. The summed E-state index contributed by atoms with van der Waals surface area (Å²) in [6.07, 6.45) is 0. The van der Waals surface area contributed by atoms with Gasteiger partial charge in [-0.25, -0.2) is 0 Å². The Morgan fingerprint density at radius 2 is 1.62 bits per heavy atom. The minimum Gasteiger partial charge on any atom is -0.366 e. The highest BCUT2D eigenvalue weighted by molar-refractivity contribution is 6.10. The van der Waals surface area contributed by atoms with Crippen LogP contribution in [0.25, 0.3) is 33.3 Å². The topological polar surface area (TPSA) is 128 Å². The van der Waals surface area contributed by atoms with Crippen LogP contribution >= 0.6 is 0 Å². The lowest BCUT2D eigenvalue weighted by molar-refractivity contribution is 0.0992. The number of hydrogen-bond acceptors (Lipinski definition) is 3. The van der Waals surface area contributed by atoms with Crippen LogP contribution in [-0.2, 0) is 6.54 Å². The summed E-state index contributed by atoms with van der Waals surface area (Å²) in [6.45, 7) is 0.396. The lowest BCUT2D eigenvalue weighted by atomic mass is 9.95. The molecule has 0 aliphatic carbocycles. The fourth-order valence-corrected chi connectivity index (χ4v) is 3.62. The normalized spacial score (nSPS) is 10.9. The van der Waals surface area contributed by atoms with Gasteiger partial charge in [0.2, 0.25) is 5.91 Å². The number of nitrogens with two attached hydrogens (primary N) is 3. The minimum absolute atomic E-state index is 0.395. The third-order valence-electron chi connectivity index (χ3n) is 5.04. The maximum absolute atomic E-state index is 12.0. The molecular weight excluding hydrogens is 364 g/mol. The van der Waals surface area contributed by atoms with Crippen molar-refractivity contribution in [3.63, 3.8) is 0 Å². The SMILES string of the molecule is NCc1ccccc1-c1ccc(C(N)=O)c2[nH]c(-c3cccc(C(N)=O)c3)cc12. The van der Waals surface area contributed by atoms with Gasteiger partial charge in [0.25, 0.3) is 5.91 Å². The first-order chi connectivity index (χ1) is 14.0. The summed E-state index contributed by atoms with van der Waals surface area (Å²) in [6, 6.07) is 20.4. The number of carbonyl (C=O) groups is 2. The van der Waals surface area contributed by atoms with Gasteiger partial charge in [0.05, 0.1) is 11.1 Å². The highest BCUT2D eigenvalue weighted by atomic mass is 16.1. The Hall–Kier alpha value is -3.90. The maximum Gasteiger partial charge on any atom is 0.250 e. The van der Waals surface area contributed by atoms with Crippen LogP contribution < -0.4 is 17.2 Å². The molecule has 144 valence electrons. The number of carbonyl (C=O) groups excluding carboxylic acids is 2. The molecule has 0 unspecified atom stereocenters. The zero-order valence-electron chi connectivity index (χ0n) is 15.6. The fourth-order valence-electron chi connectivity index (χ4n) is 3.62. The molecule has 0 saturated heterocycles. The van der Waals surface area contributed by atoms with Crippen LogP contribution in [0.15, 0.2) is 66.7 Å². The molecular formula is C23H20N4O2. The van der Waals surface area contributed by atoms with Gasteiger partial charge in [0.15, 0.2) is 0 Å². The second kappa shape index (κ2) is 7.26. The average Bonchev–Trinajstić information content (AvgIpc) is 3.18. The summed E-state index contributed by atoms with van der Waals surface area (Å²) in [5.74, 6) is -1.02. The van der Waals surface area contributed by atoms with Crippen molar-refractivity contribution in [1.29, 1.82) is 0 Å². The van der Waals surface area contributed by atoms with Crippen LogP contribution in [0.2, 0.25) is 0 Å². The van der Waals surface area contributed by atoms with Crippen LogP contribution in [-0.4, -0.2) is 16.8 Å². The van der Waals surface area contributed by atoms with E-state index in [4.69, 9.17) is 17.2 Å². The molecule has 2 amide bonds. The predicted molar refractivity (Wildman–Crippen MR) is 114 cm³/mol. The quantitative estimate of drug-likeness (QED) is 0.422. The Balaban J connectivity index is 1.99. The number of benzene rings is 3. The Morgan fingerprint density at radius 1 is 0.828 bits per heavy atom. The largest absolute Gasteiger partial charge is 0.366 e. The van der Waals surface area contributed by atoms with Crippen molar-refractivity contribution in [2.24, 2.45) is 17.2 Å². The summed E-state index contributed by atoms with van der Waals surface area (Å²) < 4.78 is 0. The zero-order valence-corrected chi connectivity index (χ0v) is 15.6. The van der Waals surface area contributed by atoms with E-state index in [0.717, 1.165) is 33.3 Å². The molecule has 6 nitrogen and oxygen atoms in total. The van der Waals surface area contributed by atoms with Crippen molar-refractivity contribution in [1.82, 2.24) is 4.98 Å². The summed E-state index contributed by atoms with van der Waals surface area (Å²) >= 11 is 0. The van der Waals surface area contributed by atoms with Crippen molar-refractivity contribution in [3.05, 3.63) is 83.4 Å². The molecule has 0 saturated carbocycles. The van der Waals surface area contributed by atoms with Crippen molar-refractivity contribution >= 4 is 22.7 Å². The van der Waals surface area contributed by atoms with Gasteiger partial charge >= 0.3 is 0 Å². The lowest BCUT2D eigenvalue weighted by Crippen LogP contribution is -2.11. The van der Waals surface area contributed by atoms with Crippen molar-refractivity contribution in [2.45, 2.75) is 6.54 Å². The molecule has 0 bridgehead atoms. The highest BCUT2D eigenvalue weighted by Crippen LogP contribution is 2.35. The summed E-state index contributed by atoms with van der Waals surface area (Å²) in [5.41, 5.74) is 22.8. The van der Waals surface area contributed by atoms with Crippen LogP contribution in [0.1, 0.15) is 26.3 Å². The molecule has 4 aromatic rings. The first-order valence-electron chi connectivity index (χ1n) is 9.13. The highest BCUT2D eigenvalue weighted by Gasteiger charge is 2.17. The third-order valence-corrected chi connectivity index (χ3v) is 5.04. The Morgan fingerprint density at radius 3 is 2.34 bits per heavy atom. The number of fused-ring (bicyclic) bond motifs is 1. The summed E-state index contributed by atoms with van der Waals surface area (Å²) in [4.78, 5) is 26.8. The fraction of sp³-hybridized carbons (Fsp3) is 0.0435. The molecule has 0 fully saturated rings. The van der Waals surface area contributed by atoms with Crippen LogP contribution in [0.3, 0.4) is 0 Å². The molecule has 1 heterocycles. The molecule has 29 heavy (non-hydrogen) atoms. The second-order valence-corrected chi connectivity index (χ2v) is 6.80. The van der Waals surface area contributed by atoms with Gasteiger partial charge in [-0.2, -0.15) is 0 Å². The van der Waals surface area contributed by atoms with E-state index < -0.39 is 11.8 Å². The number of rotatable bonds is 5. The van der Waals surface area contributed by atoms with E-state index in [1.165, 1.54) is 0 Å². The van der Waals surface area contributed by atoms with E-state index in [1.807, 2.05) is 42.5 Å². The number of hydrogen-bond donors (Lipinski definition) is 4. The minimum atomic E-state index is -0.520. The lowest BCUT2D eigenvalue weighted by Gasteiger charge is -2.10. The van der Waals surface area contributed by atoms with Gasteiger partial charge in [-0.3, -0.25) is 9.59 Å². The van der Waals surface area contributed by atoms with Crippen LogP contribution in [0.4, 0.5) is 0 Å². The number of amides is 2. The van der Waals surface area contributed by atoms with Gasteiger partial charge < -0.3 is 22.2 Å².